The normalized spacial score (nSPS) is 10.5. The van der Waals surface area contributed by atoms with Crippen LogP contribution in [0.25, 0.3) is 11.0 Å². The van der Waals surface area contributed by atoms with Gasteiger partial charge in [-0.3, -0.25) is 9.59 Å². The SMILES string of the molecule is COc1ccc(OC)c(NC(=O)c2oc3ccccc3c2NC(=O)CCl)c1. The number of alkyl halides is 1. The minimum atomic E-state index is -0.553. The molecule has 2 N–H and O–H groups in total. The summed E-state index contributed by atoms with van der Waals surface area (Å²) >= 11 is 5.58. The van der Waals surface area contributed by atoms with Crippen LogP contribution in [-0.2, 0) is 4.79 Å². The fraction of sp³-hybridized carbons (Fsp3) is 0.158. The van der Waals surface area contributed by atoms with Crippen molar-refractivity contribution < 1.29 is 23.5 Å². The maximum Gasteiger partial charge on any atom is 0.293 e. The van der Waals surface area contributed by atoms with E-state index in [4.69, 9.17) is 25.5 Å². The van der Waals surface area contributed by atoms with Gasteiger partial charge < -0.3 is 24.5 Å². The Hall–Kier alpha value is -3.19. The summed E-state index contributed by atoms with van der Waals surface area (Å²) in [5, 5.41) is 5.94. The first-order chi connectivity index (χ1) is 13.1. The lowest BCUT2D eigenvalue weighted by Gasteiger charge is -2.11. The van der Waals surface area contributed by atoms with Crippen LogP contribution < -0.4 is 20.1 Å². The third kappa shape index (κ3) is 3.83. The average Bonchev–Trinajstić information content (AvgIpc) is 3.06. The van der Waals surface area contributed by atoms with Gasteiger partial charge in [-0.2, -0.15) is 0 Å². The van der Waals surface area contributed by atoms with Crippen molar-refractivity contribution in [2.24, 2.45) is 0 Å². The summed E-state index contributed by atoms with van der Waals surface area (Å²) in [5.41, 5.74) is 1.12. The summed E-state index contributed by atoms with van der Waals surface area (Å²) in [6.45, 7) is 0. The maximum atomic E-state index is 12.9. The van der Waals surface area contributed by atoms with E-state index in [2.05, 4.69) is 10.6 Å². The summed E-state index contributed by atoms with van der Waals surface area (Å²) in [5.74, 6) is -0.291. The molecule has 3 rings (SSSR count). The molecule has 27 heavy (non-hydrogen) atoms. The van der Waals surface area contributed by atoms with Gasteiger partial charge in [-0.25, -0.2) is 0 Å². The highest BCUT2D eigenvalue weighted by molar-refractivity contribution is 6.30. The number of amides is 2. The number of carbonyl (C=O) groups excluding carboxylic acids is 2. The maximum absolute atomic E-state index is 12.9. The molecule has 0 unspecified atom stereocenters. The lowest BCUT2D eigenvalue weighted by atomic mass is 10.2. The largest absolute Gasteiger partial charge is 0.497 e. The summed E-state index contributed by atoms with van der Waals surface area (Å²) in [6.07, 6.45) is 0. The predicted octanol–water partition coefficient (Wildman–Crippen LogP) is 3.88. The first-order valence-electron chi connectivity index (χ1n) is 7.98. The number of methoxy groups -OCH3 is 2. The number of para-hydroxylation sites is 1. The van der Waals surface area contributed by atoms with Gasteiger partial charge in [0.2, 0.25) is 11.7 Å². The van der Waals surface area contributed by atoms with Crippen molar-refractivity contribution in [1.29, 1.82) is 0 Å². The molecule has 0 radical (unpaired) electrons. The van der Waals surface area contributed by atoms with E-state index in [1.54, 1.807) is 42.5 Å². The van der Waals surface area contributed by atoms with E-state index in [0.717, 1.165) is 0 Å². The van der Waals surface area contributed by atoms with Gasteiger partial charge >= 0.3 is 0 Å². The molecule has 0 saturated carbocycles. The lowest BCUT2D eigenvalue weighted by Crippen LogP contribution is -2.18. The zero-order valence-electron chi connectivity index (χ0n) is 14.7. The molecule has 0 aliphatic heterocycles. The van der Waals surface area contributed by atoms with Crippen LogP contribution in [0.4, 0.5) is 11.4 Å². The summed E-state index contributed by atoms with van der Waals surface area (Å²) < 4.78 is 16.1. The van der Waals surface area contributed by atoms with E-state index in [1.807, 2.05) is 0 Å². The number of hydrogen-bond donors (Lipinski definition) is 2. The molecule has 3 aromatic rings. The van der Waals surface area contributed by atoms with E-state index in [9.17, 15) is 9.59 Å². The van der Waals surface area contributed by atoms with Crippen LogP contribution in [0.2, 0.25) is 0 Å². The first kappa shape index (κ1) is 18.6. The third-order valence-electron chi connectivity index (χ3n) is 3.84. The van der Waals surface area contributed by atoms with E-state index in [1.165, 1.54) is 14.2 Å². The molecular weight excluding hydrogens is 372 g/mol. The molecule has 0 saturated heterocycles. The number of carbonyl (C=O) groups is 2. The van der Waals surface area contributed by atoms with Crippen molar-refractivity contribution in [3.63, 3.8) is 0 Å². The zero-order valence-corrected chi connectivity index (χ0v) is 15.4. The van der Waals surface area contributed by atoms with Gasteiger partial charge in [-0.05, 0) is 24.3 Å². The van der Waals surface area contributed by atoms with Crippen LogP contribution in [0.15, 0.2) is 46.9 Å². The molecule has 0 aliphatic rings. The van der Waals surface area contributed by atoms with Gasteiger partial charge in [0.15, 0.2) is 0 Å². The van der Waals surface area contributed by atoms with Gasteiger partial charge in [-0.15, -0.1) is 11.6 Å². The molecule has 1 aromatic heterocycles. The topological polar surface area (TPSA) is 89.8 Å². The molecular formula is C19H17ClN2O5. The van der Waals surface area contributed by atoms with Gasteiger partial charge in [-0.1, -0.05) is 12.1 Å². The number of halogens is 1. The van der Waals surface area contributed by atoms with Crippen LogP contribution in [0.5, 0.6) is 11.5 Å². The first-order valence-corrected chi connectivity index (χ1v) is 8.51. The molecule has 0 spiro atoms. The molecule has 0 bridgehead atoms. The third-order valence-corrected chi connectivity index (χ3v) is 4.09. The van der Waals surface area contributed by atoms with Crippen molar-refractivity contribution >= 4 is 45.8 Å². The van der Waals surface area contributed by atoms with Gasteiger partial charge in [0.25, 0.3) is 5.91 Å². The smallest absolute Gasteiger partial charge is 0.293 e. The minimum Gasteiger partial charge on any atom is -0.497 e. The zero-order chi connectivity index (χ0) is 19.4. The lowest BCUT2D eigenvalue weighted by molar-refractivity contribution is -0.113. The number of anilines is 2. The molecule has 0 atom stereocenters. The van der Waals surface area contributed by atoms with Gasteiger partial charge in [0.1, 0.15) is 28.6 Å². The highest BCUT2D eigenvalue weighted by Gasteiger charge is 2.23. The number of rotatable bonds is 6. The second kappa shape index (κ2) is 8.01. The summed E-state index contributed by atoms with van der Waals surface area (Å²) in [7, 11) is 3.01. The minimum absolute atomic E-state index is 0.0421. The standard InChI is InChI=1S/C19H17ClN2O5/c1-25-11-7-8-15(26-2)13(9-11)21-19(24)18-17(22-16(23)10-20)12-5-3-4-6-14(12)27-18/h3-9H,10H2,1-2H3,(H,21,24)(H,22,23). The highest BCUT2D eigenvalue weighted by atomic mass is 35.5. The van der Waals surface area contributed by atoms with Crippen molar-refractivity contribution in [2.75, 3.05) is 30.7 Å². The fourth-order valence-electron chi connectivity index (χ4n) is 2.59. The molecule has 8 heteroatoms. The Bertz CT molecular complexity index is 999. The van der Waals surface area contributed by atoms with Crippen LogP contribution in [-0.4, -0.2) is 31.9 Å². The Balaban J connectivity index is 2.01. The molecule has 1 heterocycles. The van der Waals surface area contributed by atoms with Gasteiger partial charge in [0.05, 0.1) is 19.9 Å². The Labute approximate surface area is 160 Å². The number of furan rings is 1. The predicted molar refractivity (Wildman–Crippen MR) is 103 cm³/mol. The summed E-state index contributed by atoms with van der Waals surface area (Å²) in [4.78, 5) is 24.6. The molecule has 140 valence electrons. The summed E-state index contributed by atoms with van der Waals surface area (Å²) in [6, 6.07) is 12.0. The Morgan fingerprint density at radius 3 is 2.56 bits per heavy atom. The molecule has 2 amide bonds. The second-order valence-electron chi connectivity index (χ2n) is 5.50. The van der Waals surface area contributed by atoms with Crippen molar-refractivity contribution in [3.8, 4) is 11.5 Å². The Morgan fingerprint density at radius 2 is 1.85 bits per heavy atom. The Kier molecular flexibility index (Phi) is 5.52. The quantitative estimate of drug-likeness (QED) is 0.625. The molecule has 7 nitrogen and oxygen atoms in total. The average molecular weight is 389 g/mol. The van der Waals surface area contributed by atoms with Gasteiger partial charge in [0, 0.05) is 11.5 Å². The molecule has 0 aliphatic carbocycles. The van der Waals surface area contributed by atoms with Crippen molar-refractivity contribution in [3.05, 3.63) is 48.2 Å². The second-order valence-corrected chi connectivity index (χ2v) is 5.77. The van der Waals surface area contributed by atoms with Crippen molar-refractivity contribution in [1.82, 2.24) is 0 Å². The monoisotopic (exact) mass is 388 g/mol. The van der Waals surface area contributed by atoms with Crippen LogP contribution >= 0.6 is 11.6 Å². The highest BCUT2D eigenvalue weighted by Crippen LogP contribution is 2.33. The van der Waals surface area contributed by atoms with Crippen molar-refractivity contribution in [2.45, 2.75) is 0 Å². The van der Waals surface area contributed by atoms with E-state index in [-0.39, 0.29) is 17.3 Å². The number of hydrogen-bond acceptors (Lipinski definition) is 5. The van der Waals surface area contributed by atoms with E-state index in [0.29, 0.717) is 28.2 Å². The molecule has 2 aromatic carbocycles. The van der Waals surface area contributed by atoms with Crippen LogP contribution in [0, 0.1) is 0 Å². The number of ether oxygens (including phenoxy) is 2. The van der Waals surface area contributed by atoms with E-state index < -0.39 is 11.8 Å². The molecule has 0 fully saturated rings. The Morgan fingerprint density at radius 1 is 1.07 bits per heavy atom. The number of fused-ring (bicyclic) bond motifs is 1. The fourth-order valence-corrected chi connectivity index (χ4v) is 2.66. The van der Waals surface area contributed by atoms with E-state index >= 15 is 0 Å². The number of nitrogens with one attached hydrogen (secondary N) is 2. The van der Waals surface area contributed by atoms with Crippen LogP contribution in [0.1, 0.15) is 10.6 Å². The van der Waals surface area contributed by atoms with Crippen LogP contribution in [0.3, 0.4) is 0 Å². The number of benzene rings is 2.